The quantitative estimate of drug-likeness (QED) is 0.611. The molecule has 0 saturated carbocycles. The van der Waals surface area contributed by atoms with Crippen LogP contribution >= 0.6 is 0 Å². The molecule has 0 radical (unpaired) electrons. The lowest BCUT2D eigenvalue weighted by molar-refractivity contribution is -0.118. The summed E-state index contributed by atoms with van der Waals surface area (Å²) in [6.07, 6.45) is 1.07. The molecule has 88 valence electrons. The van der Waals surface area contributed by atoms with E-state index >= 15 is 0 Å². The number of rotatable bonds is 6. The highest BCUT2D eigenvalue weighted by atomic mass is 16.3. The van der Waals surface area contributed by atoms with E-state index in [9.17, 15) is 9.90 Å². The van der Waals surface area contributed by atoms with Crippen molar-refractivity contribution in [2.24, 2.45) is 5.73 Å². The van der Waals surface area contributed by atoms with Crippen LogP contribution in [0.2, 0.25) is 0 Å². The normalized spacial score (nSPS) is 10.3. The Morgan fingerprint density at radius 1 is 1.56 bits per heavy atom. The Labute approximate surface area is 94.7 Å². The fourth-order valence-corrected chi connectivity index (χ4v) is 1.33. The number of nitrogens with one attached hydrogen (secondary N) is 1. The third kappa shape index (κ3) is 4.27. The first-order chi connectivity index (χ1) is 7.59. The molecule has 0 fully saturated rings. The van der Waals surface area contributed by atoms with Crippen LogP contribution in [0, 0.1) is 6.92 Å². The van der Waals surface area contributed by atoms with Crippen LogP contribution in [0.5, 0.6) is 5.75 Å². The summed E-state index contributed by atoms with van der Waals surface area (Å²) in [7, 11) is 0. The number of nitrogens with zero attached hydrogens (tertiary/aromatic N) is 1. The van der Waals surface area contributed by atoms with E-state index in [1.54, 1.807) is 12.1 Å². The van der Waals surface area contributed by atoms with Crippen LogP contribution in [0.15, 0.2) is 12.1 Å². The van der Waals surface area contributed by atoms with Crippen LogP contribution in [-0.2, 0) is 11.3 Å². The van der Waals surface area contributed by atoms with Gasteiger partial charge >= 0.3 is 0 Å². The summed E-state index contributed by atoms with van der Waals surface area (Å²) in [5, 5.41) is 12.6. The fourth-order valence-electron chi connectivity index (χ4n) is 1.33. The summed E-state index contributed by atoms with van der Waals surface area (Å²) in [5.74, 6) is -0.105. The van der Waals surface area contributed by atoms with E-state index in [4.69, 9.17) is 5.73 Å². The van der Waals surface area contributed by atoms with Crippen LogP contribution in [0.4, 0.5) is 0 Å². The van der Waals surface area contributed by atoms with Crippen LogP contribution in [0.3, 0.4) is 0 Å². The summed E-state index contributed by atoms with van der Waals surface area (Å²) < 4.78 is 0. The van der Waals surface area contributed by atoms with Crippen molar-refractivity contribution in [3.8, 4) is 5.75 Å². The second-order valence-electron chi connectivity index (χ2n) is 3.67. The Balaban J connectivity index is 2.31. The van der Waals surface area contributed by atoms with Crippen LogP contribution in [0.1, 0.15) is 24.2 Å². The number of aryl methyl sites for hydroxylation is 1. The van der Waals surface area contributed by atoms with Gasteiger partial charge in [-0.15, -0.1) is 0 Å². The number of amides is 1. The lowest BCUT2D eigenvalue weighted by atomic mass is 10.2. The maximum absolute atomic E-state index is 10.5. The summed E-state index contributed by atoms with van der Waals surface area (Å²) in [6, 6.07) is 3.38. The molecular weight excluding hydrogens is 206 g/mol. The zero-order chi connectivity index (χ0) is 12.0. The zero-order valence-corrected chi connectivity index (χ0v) is 9.36. The number of aromatic nitrogens is 1. The lowest BCUT2D eigenvalue weighted by Gasteiger charge is -2.06. The maximum atomic E-state index is 10.5. The zero-order valence-electron chi connectivity index (χ0n) is 9.36. The Hall–Kier alpha value is -1.62. The van der Waals surface area contributed by atoms with Crippen molar-refractivity contribution in [3.05, 3.63) is 23.5 Å². The molecule has 0 aliphatic rings. The number of hydrogen-bond acceptors (Lipinski definition) is 4. The number of aromatic hydroxyl groups is 1. The lowest BCUT2D eigenvalue weighted by Crippen LogP contribution is -2.18. The molecule has 5 nitrogen and oxygen atoms in total. The highest BCUT2D eigenvalue weighted by Crippen LogP contribution is 2.13. The molecule has 0 unspecified atom stereocenters. The average molecular weight is 223 g/mol. The molecule has 1 amide bonds. The van der Waals surface area contributed by atoms with E-state index in [1.165, 1.54) is 0 Å². The second kappa shape index (κ2) is 6.07. The van der Waals surface area contributed by atoms with Crippen LogP contribution in [-0.4, -0.2) is 22.5 Å². The third-order valence-corrected chi connectivity index (χ3v) is 2.16. The molecule has 5 heteroatoms. The van der Waals surface area contributed by atoms with Crippen molar-refractivity contribution in [2.75, 3.05) is 6.54 Å². The molecule has 16 heavy (non-hydrogen) atoms. The molecule has 0 aliphatic carbocycles. The maximum Gasteiger partial charge on any atom is 0.217 e. The van der Waals surface area contributed by atoms with Crippen molar-refractivity contribution < 1.29 is 9.90 Å². The summed E-state index contributed by atoms with van der Waals surface area (Å²) in [5.41, 5.74) is 6.50. The van der Waals surface area contributed by atoms with Gasteiger partial charge in [-0.3, -0.25) is 9.78 Å². The van der Waals surface area contributed by atoms with Gasteiger partial charge in [-0.2, -0.15) is 0 Å². The first-order valence-electron chi connectivity index (χ1n) is 5.24. The minimum atomic E-state index is -0.293. The van der Waals surface area contributed by atoms with E-state index < -0.39 is 0 Å². The number of nitrogens with two attached hydrogens (primary N) is 1. The molecule has 0 spiro atoms. The molecule has 0 aromatic carbocycles. The fraction of sp³-hybridized carbons (Fsp3) is 0.455. The van der Waals surface area contributed by atoms with Gasteiger partial charge in [-0.05, 0) is 32.0 Å². The highest BCUT2D eigenvalue weighted by Gasteiger charge is 2.02. The van der Waals surface area contributed by atoms with Gasteiger partial charge in [-0.1, -0.05) is 0 Å². The van der Waals surface area contributed by atoms with Gasteiger partial charge in [-0.25, -0.2) is 0 Å². The number of carbonyl (C=O) groups excluding carboxylic acids is 1. The second-order valence-corrected chi connectivity index (χ2v) is 3.67. The van der Waals surface area contributed by atoms with Crippen LogP contribution in [0.25, 0.3) is 0 Å². The predicted molar refractivity (Wildman–Crippen MR) is 60.8 cm³/mol. The number of hydrogen-bond donors (Lipinski definition) is 3. The molecule has 0 aliphatic heterocycles. The molecule has 0 bridgehead atoms. The first kappa shape index (κ1) is 12.4. The summed E-state index contributed by atoms with van der Waals surface area (Å²) in [6.45, 7) is 3.04. The van der Waals surface area contributed by atoms with Gasteiger partial charge in [0.05, 0.1) is 5.69 Å². The van der Waals surface area contributed by atoms with E-state index in [2.05, 4.69) is 10.3 Å². The largest absolute Gasteiger partial charge is 0.506 e. The van der Waals surface area contributed by atoms with Crippen molar-refractivity contribution in [2.45, 2.75) is 26.3 Å². The average Bonchev–Trinajstić information content (AvgIpc) is 2.22. The van der Waals surface area contributed by atoms with E-state index in [0.29, 0.717) is 31.6 Å². The third-order valence-electron chi connectivity index (χ3n) is 2.16. The molecule has 1 rings (SSSR count). The predicted octanol–water partition coefficient (Wildman–Crippen LogP) is 0.451. The van der Waals surface area contributed by atoms with Gasteiger partial charge in [0.15, 0.2) is 0 Å². The van der Waals surface area contributed by atoms with Crippen molar-refractivity contribution in [1.29, 1.82) is 0 Å². The van der Waals surface area contributed by atoms with E-state index in [1.807, 2.05) is 6.92 Å². The van der Waals surface area contributed by atoms with Gasteiger partial charge < -0.3 is 16.2 Å². The number of carbonyl (C=O) groups is 1. The Kier molecular flexibility index (Phi) is 4.72. The topological polar surface area (TPSA) is 88.2 Å². The minimum Gasteiger partial charge on any atom is -0.506 e. The Morgan fingerprint density at radius 3 is 3.00 bits per heavy atom. The van der Waals surface area contributed by atoms with Gasteiger partial charge in [0.1, 0.15) is 5.75 Å². The van der Waals surface area contributed by atoms with E-state index in [0.717, 1.165) is 5.69 Å². The van der Waals surface area contributed by atoms with Gasteiger partial charge in [0.25, 0.3) is 0 Å². The molecule has 1 aromatic rings. The molecule has 0 saturated heterocycles. The molecular formula is C11H17N3O2. The smallest absolute Gasteiger partial charge is 0.217 e. The van der Waals surface area contributed by atoms with Crippen molar-refractivity contribution >= 4 is 5.91 Å². The first-order valence-corrected chi connectivity index (χ1v) is 5.24. The molecule has 4 N–H and O–H groups in total. The summed E-state index contributed by atoms with van der Waals surface area (Å²) >= 11 is 0. The number of primary amides is 1. The SMILES string of the molecule is Cc1ccc(O)c(CNCCCC(N)=O)n1. The molecule has 1 aromatic heterocycles. The van der Waals surface area contributed by atoms with Crippen molar-refractivity contribution in [1.82, 2.24) is 10.3 Å². The molecule has 1 heterocycles. The minimum absolute atomic E-state index is 0.188. The van der Waals surface area contributed by atoms with Gasteiger partial charge in [0.2, 0.25) is 5.91 Å². The highest BCUT2D eigenvalue weighted by molar-refractivity contribution is 5.73. The van der Waals surface area contributed by atoms with Gasteiger partial charge in [0, 0.05) is 18.7 Å². The standard InChI is InChI=1S/C11H17N3O2/c1-8-4-5-10(15)9(14-8)7-13-6-2-3-11(12)16/h4-5,13,15H,2-3,6-7H2,1H3,(H2,12,16). The van der Waals surface area contributed by atoms with E-state index in [-0.39, 0.29) is 11.7 Å². The van der Waals surface area contributed by atoms with Crippen molar-refractivity contribution in [3.63, 3.8) is 0 Å². The number of pyridine rings is 1. The Morgan fingerprint density at radius 2 is 2.31 bits per heavy atom. The molecule has 0 atom stereocenters. The summed E-state index contributed by atoms with van der Waals surface area (Å²) in [4.78, 5) is 14.7. The monoisotopic (exact) mass is 223 g/mol. The Bertz CT molecular complexity index is 366. The van der Waals surface area contributed by atoms with Crippen LogP contribution < -0.4 is 11.1 Å².